The third-order valence-corrected chi connectivity index (χ3v) is 4.46. The molecule has 0 bridgehead atoms. The van der Waals surface area contributed by atoms with E-state index in [4.69, 9.17) is 0 Å². The summed E-state index contributed by atoms with van der Waals surface area (Å²) in [6.45, 7) is 1.37. The van der Waals surface area contributed by atoms with E-state index in [0.717, 1.165) is 17.0 Å². The lowest BCUT2D eigenvalue weighted by atomic mass is 10.00. The van der Waals surface area contributed by atoms with E-state index in [-0.39, 0.29) is 5.56 Å². The Bertz CT molecular complexity index is 1050. The van der Waals surface area contributed by atoms with Crippen LogP contribution < -0.4 is 0 Å². The zero-order chi connectivity index (χ0) is 18.6. The molecule has 6 heteroatoms. The first-order valence-corrected chi connectivity index (χ1v) is 8.63. The van der Waals surface area contributed by atoms with Gasteiger partial charge >= 0.3 is 5.97 Å². The molecule has 0 unspecified atom stereocenters. The number of rotatable bonds is 6. The molecular weight excluding hydrogens is 340 g/mol. The fourth-order valence-electron chi connectivity index (χ4n) is 3.16. The monoisotopic (exact) mass is 358 g/mol. The lowest BCUT2D eigenvalue weighted by molar-refractivity contribution is 0.0697. The van der Waals surface area contributed by atoms with Gasteiger partial charge < -0.3 is 14.2 Å². The first kappa shape index (κ1) is 16.8. The minimum absolute atomic E-state index is 0.263. The molecule has 4 rings (SSSR count). The molecule has 134 valence electrons. The number of hydrogen-bond donors (Lipinski definition) is 1. The van der Waals surface area contributed by atoms with Gasteiger partial charge in [-0.1, -0.05) is 48.5 Å². The summed E-state index contributed by atoms with van der Waals surface area (Å²) < 4.78 is 3.99. The van der Waals surface area contributed by atoms with Crippen LogP contribution in [0.25, 0.3) is 22.5 Å². The van der Waals surface area contributed by atoms with Crippen LogP contribution in [-0.4, -0.2) is 30.2 Å². The molecule has 0 aliphatic carbocycles. The summed E-state index contributed by atoms with van der Waals surface area (Å²) in [4.78, 5) is 20.5. The van der Waals surface area contributed by atoms with Crippen molar-refractivity contribution in [1.29, 1.82) is 0 Å². The third kappa shape index (κ3) is 3.37. The van der Waals surface area contributed by atoms with Gasteiger partial charge in [-0.2, -0.15) is 0 Å². The minimum atomic E-state index is -0.952. The maximum absolute atomic E-state index is 11.8. The molecular formula is C21H18N4O2. The fraction of sp³-hybridized carbons (Fsp3) is 0.0952. The molecule has 0 radical (unpaired) electrons. The molecule has 0 saturated heterocycles. The second kappa shape index (κ2) is 7.29. The number of aromatic carboxylic acids is 1. The van der Waals surface area contributed by atoms with E-state index < -0.39 is 5.97 Å². The van der Waals surface area contributed by atoms with Crippen LogP contribution in [0.5, 0.6) is 0 Å². The molecule has 0 saturated carbocycles. The predicted octanol–water partition coefficient (Wildman–Crippen LogP) is 3.81. The molecule has 0 aliphatic rings. The Morgan fingerprint density at radius 1 is 0.963 bits per heavy atom. The van der Waals surface area contributed by atoms with Gasteiger partial charge in [0.05, 0.1) is 29.6 Å². The van der Waals surface area contributed by atoms with Crippen LogP contribution >= 0.6 is 0 Å². The predicted molar refractivity (Wildman–Crippen MR) is 102 cm³/mol. The summed E-state index contributed by atoms with van der Waals surface area (Å²) in [5, 5.41) is 9.65. The molecule has 4 aromatic rings. The third-order valence-electron chi connectivity index (χ3n) is 4.46. The van der Waals surface area contributed by atoms with E-state index >= 15 is 0 Å². The van der Waals surface area contributed by atoms with Crippen molar-refractivity contribution in [3.05, 3.63) is 85.2 Å². The van der Waals surface area contributed by atoms with Crippen molar-refractivity contribution < 1.29 is 9.90 Å². The van der Waals surface area contributed by atoms with Gasteiger partial charge in [0.1, 0.15) is 0 Å². The van der Waals surface area contributed by atoms with Gasteiger partial charge in [-0.15, -0.1) is 0 Å². The van der Waals surface area contributed by atoms with Gasteiger partial charge in [0.25, 0.3) is 0 Å². The number of hydrogen-bond acceptors (Lipinski definition) is 3. The molecule has 0 amide bonds. The SMILES string of the molecule is O=C(O)c1ccccc1-c1c(-c2ccccc2)ncn1CCn1ccnc1. The highest BCUT2D eigenvalue weighted by molar-refractivity contribution is 5.97. The summed E-state index contributed by atoms with van der Waals surface area (Å²) in [5.74, 6) is -0.952. The highest BCUT2D eigenvalue weighted by Gasteiger charge is 2.20. The van der Waals surface area contributed by atoms with Crippen LogP contribution in [0.15, 0.2) is 79.6 Å². The van der Waals surface area contributed by atoms with Crippen LogP contribution in [0.2, 0.25) is 0 Å². The second-order valence-electron chi connectivity index (χ2n) is 6.15. The molecule has 1 N–H and O–H groups in total. The quantitative estimate of drug-likeness (QED) is 0.569. The van der Waals surface area contributed by atoms with Crippen molar-refractivity contribution >= 4 is 5.97 Å². The van der Waals surface area contributed by atoms with Gasteiger partial charge in [0.2, 0.25) is 0 Å². The van der Waals surface area contributed by atoms with E-state index in [9.17, 15) is 9.90 Å². The zero-order valence-corrected chi connectivity index (χ0v) is 14.6. The first-order chi connectivity index (χ1) is 13.2. The second-order valence-corrected chi connectivity index (χ2v) is 6.15. The van der Waals surface area contributed by atoms with Crippen molar-refractivity contribution in [1.82, 2.24) is 19.1 Å². The van der Waals surface area contributed by atoms with Gasteiger partial charge in [-0.05, 0) is 6.07 Å². The zero-order valence-electron chi connectivity index (χ0n) is 14.6. The Morgan fingerprint density at radius 3 is 2.48 bits per heavy atom. The Hall–Kier alpha value is -3.67. The Morgan fingerprint density at radius 2 is 1.74 bits per heavy atom. The number of aryl methyl sites for hydroxylation is 2. The maximum Gasteiger partial charge on any atom is 0.336 e. The summed E-state index contributed by atoms with van der Waals surface area (Å²) in [6.07, 6.45) is 7.18. The Kier molecular flexibility index (Phi) is 4.53. The van der Waals surface area contributed by atoms with Crippen molar-refractivity contribution in [2.75, 3.05) is 0 Å². The fourth-order valence-corrected chi connectivity index (χ4v) is 3.16. The van der Waals surface area contributed by atoms with Crippen LogP contribution in [0.3, 0.4) is 0 Å². The van der Waals surface area contributed by atoms with Gasteiger partial charge in [0, 0.05) is 36.6 Å². The van der Waals surface area contributed by atoms with Crippen LogP contribution in [0, 0.1) is 0 Å². The molecule has 27 heavy (non-hydrogen) atoms. The van der Waals surface area contributed by atoms with Crippen LogP contribution in [0.4, 0.5) is 0 Å². The van der Waals surface area contributed by atoms with Crippen LogP contribution in [-0.2, 0) is 13.1 Å². The summed E-state index contributed by atoms with van der Waals surface area (Å²) in [6, 6.07) is 16.9. The number of aromatic nitrogens is 4. The highest BCUT2D eigenvalue weighted by Crippen LogP contribution is 2.33. The van der Waals surface area contributed by atoms with Crippen molar-refractivity contribution in [2.45, 2.75) is 13.1 Å². The van der Waals surface area contributed by atoms with Crippen LogP contribution in [0.1, 0.15) is 10.4 Å². The molecule has 0 aliphatic heterocycles. The molecule has 2 heterocycles. The van der Waals surface area contributed by atoms with E-state index in [1.807, 2.05) is 57.8 Å². The number of benzene rings is 2. The van der Waals surface area contributed by atoms with E-state index in [1.165, 1.54) is 0 Å². The summed E-state index contributed by atoms with van der Waals surface area (Å²) >= 11 is 0. The maximum atomic E-state index is 11.8. The molecule has 6 nitrogen and oxygen atoms in total. The smallest absolute Gasteiger partial charge is 0.336 e. The standard InChI is InChI=1S/C21H18N4O2/c26-21(27)18-9-5-4-8-17(18)20-19(16-6-2-1-3-7-16)23-15-25(20)13-12-24-11-10-22-14-24/h1-11,14-15H,12-13H2,(H,26,27). The van der Waals surface area contributed by atoms with Gasteiger partial charge in [-0.3, -0.25) is 0 Å². The Labute approximate surface area is 156 Å². The molecule has 0 spiro atoms. The van der Waals surface area contributed by atoms with Crippen molar-refractivity contribution in [3.8, 4) is 22.5 Å². The lowest BCUT2D eigenvalue weighted by Crippen LogP contribution is -2.08. The van der Waals surface area contributed by atoms with E-state index in [1.54, 1.807) is 31.0 Å². The molecule has 2 aromatic heterocycles. The van der Waals surface area contributed by atoms with Crippen molar-refractivity contribution in [3.63, 3.8) is 0 Å². The average Bonchev–Trinajstić information content (AvgIpc) is 3.36. The molecule has 0 atom stereocenters. The van der Waals surface area contributed by atoms with Gasteiger partial charge in [-0.25, -0.2) is 14.8 Å². The topological polar surface area (TPSA) is 72.9 Å². The number of nitrogens with zero attached hydrogens (tertiary/aromatic N) is 4. The first-order valence-electron chi connectivity index (χ1n) is 8.63. The number of carboxylic acids is 1. The highest BCUT2D eigenvalue weighted by atomic mass is 16.4. The Balaban J connectivity index is 1.84. The number of carboxylic acid groups (broad SMARTS) is 1. The van der Waals surface area contributed by atoms with E-state index in [2.05, 4.69) is 9.97 Å². The number of carbonyl (C=O) groups is 1. The van der Waals surface area contributed by atoms with E-state index in [0.29, 0.717) is 18.7 Å². The normalized spacial score (nSPS) is 10.8. The summed E-state index contributed by atoms with van der Waals surface area (Å²) in [7, 11) is 0. The number of imidazole rings is 2. The molecule has 0 fully saturated rings. The minimum Gasteiger partial charge on any atom is -0.478 e. The van der Waals surface area contributed by atoms with Crippen molar-refractivity contribution in [2.24, 2.45) is 0 Å². The summed E-state index contributed by atoms with van der Waals surface area (Å²) in [5.41, 5.74) is 3.45. The lowest BCUT2D eigenvalue weighted by Gasteiger charge is -2.13. The largest absolute Gasteiger partial charge is 0.478 e. The van der Waals surface area contributed by atoms with Gasteiger partial charge in [0.15, 0.2) is 0 Å². The molecule has 2 aromatic carbocycles. The average molecular weight is 358 g/mol.